The number of para-hydroxylation sites is 1. The fraction of sp³-hybridized carbons (Fsp3) is 0.0909. The van der Waals surface area contributed by atoms with E-state index in [0.717, 1.165) is 16.9 Å². The Labute approximate surface area is 158 Å². The van der Waals surface area contributed by atoms with Gasteiger partial charge in [-0.2, -0.15) is 5.10 Å². The van der Waals surface area contributed by atoms with Crippen molar-refractivity contribution in [3.63, 3.8) is 0 Å². The van der Waals surface area contributed by atoms with Gasteiger partial charge in [0.25, 0.3) is 5.91 Å². The molecule has 0 bridgehead atoms. The van der Waals surface area contributed by atoms with Crippen LogP contribution in [0.2, 0.25) is 0 Å². The molecule has 0 heterocycles. The zero-order valence-electron chi connectivity index (χ0n) is 15.0. The highest BCUT2D eigenvalue weighted by molar-refractivity contribution is 5.97. The van der Waals surface area contributed by atoms with Gasteiger partial charge < -0.3 is 9.47 Å². The van der Waals surface area contributed by atoms with Crippen molar-refractivity contribution >= 4 is 12.1 Å². The maximum absolute atomic E-state index is 12.2. The Morgan fingerprint density at radius 1 is 1.00 bits per heavy atom. The van der Waals surface area contributed by atoms with E-state index in [2.05, 4.69) is 10.5 Å². The molecule has 1 N–H and O–H groups in total. The highest BCUT2D eigenvalue weighted by Crippen LogP contribution is 2.17. The van der Waals surface area contributed by atoms with E-state index in [1.54, 1.807) is 30.5 Å². The van der Waals surface area contributed by atoms with Crippen LogP contribution in [-0.2, 0) is 6.61 Å². The minimum Gasteiger partial charge on any atom is -0.496 e. The molecule has 0 aromatic heterocycles. The largest absolute Gasteiger partial charge is 0.496 e. The molecule has 3 aromatic carbocycles. The highest BCUT2D eigenvalue weighted by atomic mass is 16.5. The molecular weight excluding hydrogens is 340 g/mol. The van der Waals surface area contributed by atoms with Crippen LogP contribution < -0.4 is 14.9 Å². The lowest BCUT2D eigenvalue weighted by molar-refractivity contribution is 0.0952. The lowest BCUT2D eigenvalue weighted by atomic mass is 10.2. The average molecular weight is 360 g/mol. The Morgan fingerprint density at radius 3 is 2.59 bits per heavy atom. The van der Waals surface area contributed by atoms with E-state index in [4.69, 9.17) is 9.47 Å². The molecule has 3 aromatic rings. The van der Waals surface area contributed by atoms with Gasteiger partial charge in [-0.05, 0) is 35.4 Å². The van der Waals surface area contributed by atoms with Gasteiger partial charge in [0.15, 0.2) is 0 Å². The number of nitrogens with one attached hydrogen (secondary N) is 1. The topological polar surface area (TPSA) is 59.9 Å². The van der Waals surface area contributed by atoms with Gasteiger partial charge in [-0.25, -0.2) is 5.43 Å². The molecular formula is C22H20N2O3. The minimum absolute atomic E-state index is 0.333. The fourth-order valence-electron chi connectivity index (χ4n) is 2.48. The minimum atomic E-state index is -0.333. The molecule has 0 aliphatic heterocycles. The molecule has 3 rings (SSSR count). The molecule has 0 atom stereocenters. The smallest absolute Gasteiger partial charge is 0.275 e. The van der Waals surface area contributed by atoms with Crippen LogP contribution in [0.25, 0.3) is 0 Å². The number of rotatable bonds is 7. The van der Waals surface area contributed by atoms with Crippen molar-refractivity contribution in [2.24, 2.45) is 5.10 Å². The van der Waals surface area contributed by atoms with E-state index in [1.807, 2.05) is 54.6 Å². The number of methoxy groups -OCH3 is 1. The Morgan fingerprint density at radius 2 is 1.78 bits per heavy atom. The lowest BCUT2D eigenvalue weighted by Crippen LogP contribution is -2.18. The first kappa shape index (κ1) is 18.2. The molecule has 0 radical (unpaired) electrons. The quantitative estimate of drug-likeness (QED) is 0.511. The Bertz CT molecular complexity index is 924. The monoisotopic (exact) mass is 360 g/mol. The predicted octanol–water partition coefficient (Wildman–Crippen LogP) is 4.04. The zero-order chi connectivity index (χ0) is 18.9. The summed E-state index contributed by atoms with van der Waals surface area (Å²) >= 11 is 0. The SMILES string of the molecule is COc1ccccc1C(=O)NN=Cc1cccc(OCc2ccccc2)c1. The number of ether oxygens (including phenoxy) is 2. The van der Waals surface area contributed by atoms with E-state index < -0.39 is 0 Å². The summed E-state index contributed by atoms with van der Waals surface area (Å²) in [6, 6.07) is 24.4. The van der Waals surface area contributed by atoms with Gasteiger partial charge in [-0.3, -0.25) is 4.79 Å². The second kappa shape index (κ2) is 9.20. The second-order valence-electron chi connectivity index (χ2n) is 5.75. The highest BCUT2D eigenvalue weighted by Gasteiger charge is 2.09. The van der Waals surface area contributed by atoms with Gasteiger partial charge >= 0.3 is 0 Å². The fourth-order valence-corrected chi connectivity index (χ4v) is 2.48. The maximum Gasteiger partial charge on any atom is 0.275 e. The third-order valence-corrected chi connectivity index (χ3v) is 3.84. The van der Waals surface area contributed by atoms with Gasteiger partial charge in [-0.1, -0.05) is 54.6 Å². The summed E-state index contributed by atoms with van der Waals surface area (Å²) in [6.45, 7) is 0.492. The summed E-state index contributed by atoms with van der Waals surface area (Å²) in [5, 5.41) is 4.02. The molecule has 0 unspecified atom stereocenters. The summed E-state index contributed by atoms with van der Waals surface area (Å²) in [7, 11) is 1.52. The molecule has 0 aliphatic rings. The van der Waals surface area contributed by atoms with Crippen LogP contribution in [0, 0.1) is 0 Å². The van der Waals surface area contributed by atoms with Gasteiger partial charge in [-0.15, -0.1) is 0 Å². The number of nitrogens with zero attached hydrogens (tertiary/aromatic N) is 1. The Kier molecular flexibility index (Phi) is 6.20. The first-order valence-corrected chi connectivity index (χ1v) is 8.49. The van der Waals surface area contributed by atoms with Crippen molar-refractivity contribution in [2.75, 3.05) is 7.11 Å². The van der Waals surface area contributed by atoms with Crippen molar-refractivity contribution in [3.8, 4) is 11.5 Å². The Balaban J connectivity index is 1.59. The van der Waals surface area contributed by atoms with Crippen LogP contribution in [0.5, 0.6) is 11.5 Å². The van der Waals surface area contributed by atoms with Crippen molar-refractivity contribution in [1.82, 2.24) is 5.43 Å². The zero-order valence-corrected chi connectivity index (χ0v) is 15.0. The molecule has 0 saturated heterocycles. The second-order valence-corrected chi connectivity index (χ2v) is 5.75. The predicted molar refractivity (Wildman–Crippen MR) is 105 cm³/mol. The van der Waals surface area contributed by atoms with E-state index >= 15 is 0 Å². The van der Waals surface area contributed by atoms with Crippen molar-refractivity contribution < 1.29 is 14.3 Å². The van der Waals surface area contributed by atoms with Crippen LogP contribution in [-0.4, -0.2) is 19.2 Å². The summed E-state index contributed by atoms with van der Waals surface area (Å²) < 4.78 is 11.0. The van der Waals surface area contributed by atoms with Crippen LogP contribution >= 0.6 is 0 Å². The molecule has 5 nitrogen and oxygen atoms in total. The van der Waals surface area contributed by atoms with Gasteiger partial charge in [0.1, 0.15) is 18.1 Å². The van der Waals surface area contributed by atoms with Crippen LogP contribution in [0.1, 0.15) is 21.5 Å². The summed E-state index contributed by atoms with van der Waals surface area (Å²) in [5.74, 6) is 0.903. The van der Waals surface area contributed by atoms with E-state index in [-0.39, 0.29) is 5.91 Å². The molecule has 0 saturated carbocycles. The van der Waals surface area contributed by atoms with Crippen LogP contribution in [0.15, 0.2) is 84.0 Å². The van der Waals surface area contributed by atoms with E-state index in [9.17, 15) is 4.79 Å². The Hall–Kier alpha value is -3.60. The molecule has 5 heteroatoms. The molecule has 136 valence electrons. The molecule has 0 spiro atoms. The first-order chi connectivity index (χ1) is 13.3. The number of benzene rings is 3. The number of hydrogen-bond acceptors (Lipinski definition) is 4. The standard InChI is InChI=1S/C22H20N2O3/c1-26-21-13-6-5-12-20(21)22(25)24-23-15-18-10-7-11-19(14-18)27-16-17-8-3-2-4-9-17/h2-15H,16H2,1H3,(H,24,25). The van der Waals surface area contributed by atoms with Gasteiger partial charge in [0.05, 0.1) is 18.9 Å². The number of carbonyl (C=O) groups is 1. The number of hydrogen-bond donors (Lipinski definition) is 1. The number of carbonyl (C=O) groups excluding carboxylic acids is 1. The molecule has 27 heavy (non-hydrogen) atoms. The van der Waals surface area contributed by atoms with Crippen molar-refractivity contribution in [1.29, 1.82) is 0 Å². The summed E-state index contributed by atoms with van der Waals surface area (Å²) in [4.78, 5) is 12.2. The van der Waals surface area contributed by atoms with Crippen LogP contribution in [0.4, 0.5) is 0 Å². The molecule has 1 amide bonds. The number of amides is 1. The average Bonchev–Trinajstić information content (AvgIpc) is 2.73. The van der Waals surface area contributed by atoms with Crippen molar-refractivity contribution in [2.45, 2.75) is 6.61 Å². The maximum atomic E-state index is 12.2. The summed E-state index contributed by atoms with van der Waals surface area (Å²) in [6.07, 6.45) is 1.57. The normalized spacial score (nSPS) is 10.6. The van der Waals surface area contributed by atoms with E-state index in [0.29, 0.717) is 17.9 Å². The third-order valence-electron chi connectivity index (χ3n) is 3.84. The molecule has 0 aliphatic carbocycles. The summed E-state index contributed by atoms with van der Waals surface area (Å²) in [5.41, 5.74) is 4.86. The third kappa shape index (κ3) is 5.19. The van der Waals surface area contributed by atoms with Gasteiger partial charge in [0, 0.05) is 0 Å². The van der Waals surface area contributed by atoms with Crippen LogP contribution in [0.3, 0.4) is 0 Å². The first-order valence-electron chi connectivity index (χ1n) is 8.49. The lowest BCUT2D eigenvalue weighted by Gasteiger charge is -2.07. The molecule has 0 fully saturated rings. The van der Waals surface area contributed by atoms with E-state index in [1.165, 1.54) is 7.11 Å². The van der Waals surface area contributed by atoms with Gasteiger partial charge in [0.2, 0.25) is 0 Å². The van der Waals surface area contributed by atoms with Crippen molar-refractivity contribution in [3.05, 3.63) is 95.6 Å². The number of hydrazone groups is 1.